The summed E-state index contributed by atoms with van der Waals surface area (Å²) < 4.78 is 2.19. The van der Waals surface area contributed by atoms with E-state index in [1.54, 1.807) is 11.8 Å². The number of para-hydroxylation sites is 2. The largest absolute Gasteiger partial charge is 0.306 e. The molecule has 1 aliphatic heterocycles. The van der Waals surface area contributed by atoms with Crippen molar-refractivity contribution in [3.8, 4) is 28.3 Å². The number of anilines is 3. The van der Waals surface area contributed by atoms with Crippen LogP contribution in [-0.2, 0) is 0 Å². The van der Waals surface area contributed by atoms with Crippen molar-refractivity contribution in [2.75, 3.05) is 4.90 Å². The average Bonchev–Trinajstić information content (AvgIpc) is 3.60. The third kappa shape index (κ3) is 6.41. The fourth-order valence-corrected chi connectivity index (χ4v) is 9.26. The highest BCUT2D eigenvalue weighted by molar-refractivity contribution is 7.99. The molecule has 0 saturated carbocycles. The van der Waals surface area contributed by atoms with Gasteiger partial charge in [-0.05, 0) is 78.0 Å². The molecule has 8 aromatic carbocycles. The molecule has 0 saturated heterocycles. The summed E-state index contributed by atoms with van der Waals surface area (Å²) in [7, 11) is 0. The molecule has 0 amide bonds. The molecule has 1 aliphatic rings. The van der Waals surface area contributed by atoms with E-state index in [2.05, 4.69) is 131 Å². The van der Waals surface area contributed by atoms with E-state index < -0.39 is 0 Å². The summed E-state index contributed by atoms with van der Waals surface area (Å²) >= 11 is 8.73. The number of aromatic nitrogens is 3. The highest BCUT2D eigenvalue weighted by Gasteiger charge is 2.28. The van der Waals surface area contributed by atoms with Crippen molar-refractivity contribution < 1.29 is 0 Å². The third-order valence-corrected chi connectivity index (χ3v) is 11.8. The molecule has 0 unspecified atom stereocenters. The standard InChI is InChI=1S/C45H29ClN4S.C6H6/c1-28-25-37(30-12-3-2-4-13-30)48-45(47-28)50-39-18-8-7-16-34(39)35-26-31(21-23-40(35)50)32-22-24-41-43(27-32)51-42-20-10-17-36(46)44(42)49(41)38-19-9-14-29-11-5-6-15-33(29)38;1-2-4-6-5-3-1/h2-27H,1H3;1-6H. The van der Waals surface area contributed by atoms with Crippen molar-refractivity contribution in [1.29, 1.82) is 0 Å². The maximum absolute atomic E-state index is 6.96. The number of hydrogen-bond acceptors (Lipinski definition) is 4. The summed E-state index contributed by atoms with van der Waals surface area (Å²) in [6.07, 6.45) is 0. The molecule has 272 valence electrons. The third-order valence-electron chi connectivity index (χ3n) is 10.4. The monoisotopic (exact) mass is 770 g/mol. The second kappa shape index (κ2) is 14.8. The fourth-order valence-electron chi connectivity index (χ4n) is 7.81. The highest BCUT2D eigenvalue weighted by atomic mass is 35.5. The van der Waals surface area contributed by atoms with Crippen molar-refractivity contribution in [2.45, 2.75) is 16.7 Å². The molecular weight excluding hydrogens is 736 g/mol. The Labute approximate surface area is 340 Å². The van der Waals surface area contributed by atoms with Gasteiger partial charge in [0.25, 0.3) is 0 Å². The van der Waals surface area contributed by atoms with E-state index in [0.717, 1.165) is 71.5 Å². The quantitative estimate of drug-likeness (QED) is 0.178. The number of hydrogen-bond donors (Lipinski definition) is 0. The van der Waals surface area contributed by atoms with Gasteiger partial charge in [0.1, 0.15) is 0 Å². The molecule has 0 atom stereocenters. The predicted molar refractivity (Wildman–Crippen MR) is 240 cm³/mol. The van der Waals surface area contributed by atoms with Gasteiger partial charge in [0, 0.05) is 37.2 Å². The topological polar surface area (TPSA) is 34.0 Å². The minimum atomic E-state index is 0.670. The minimum Gasteiger partial charge on any atom is -0.306 e. The maximum Gasteiger partial charge on any atom is 0.235 e. The van der Waals surface area contributed by atoms with Gasteiger partial charge in [0.2, 0.25) is 5.95 Å². The van der Waals surface area contributed by atoms with Crippen LogP contribution in [0.3, 0.4) is 0 Å². The molecule has 2 aromatic heterocycles. The van der Waals surface area contributed by atoms with Crippen LogP contribution in [0.25, 0.3) is 60.9 Å². The Bertz CT molecular complexity index is 3060. The summed E-state index contributed by atoms with van der Waals surface area (Å²) in [4.78, 5) is 14.7. The first-order valence-corrected chi connectivity index (χ1v) is 20.1. The van der Waals surface area contributed by atoms with Crippen LogP contribution in [0.5, 0.6) is 0 Å². The number of nitrogens with zero attached hydrogens (tertiary/aromatic N) is 4. The molecule has 0 aliphatic carbocycles. The molecular formula is C51H35ClN4S. The van der Waals surface area contributed by atoms with Crippen LogP contribution < -0.4 is 4.90 Å². The Kier molecular flexibility index (Phi) is 9.02. The minimum absolute atomic E-state index is 0.670. The van der Waals surface area contributed by atoms with Crippen molar-refractivity contribution >= 4 is 73.0 Å². The molecule has 0 N–H and O–H groups in total. The first-order valence-electron chi connectivity index (χ1n) is 18.9. The van der Waals surface area contributed by atoms with Crippen LogP contribution >= 0.6 is 23.4 Å². The number of fused-ring (bicyclic) bond motifs is 6. The normalized spacial score (nSPS) is 11.9. The number of benzene rings is 8. The molecule has 3 heterocycles. The number of aryl methyl sites for hydroxylation is 1. The van der Waals surface area contributed by atoms with E-state index in [0.29, 0.717) is 5.95 Å². The van der Waals surface area contributed by atoms with Crippen LogP contribution in [-0.4, -0.2) is 14.5 Å². The van der Waals surface area contributed by atoms with Crippen molar-refractivity contribution in [2.24, 2.45) is 0 Å². The molecule has 0 radical (unpaired) electrons. The summed E-state index contributed by atoms with van der Waals surface area (Å²) in [6.45, 7) is 2.03. The zero-order chi connectivity index (χ0) is 38.3. The lowest BCUT2D eigenvalue weighted by molar-refractivity contribution is 0.968. The summed E-state index contributed by atoms with van der Waals surface area (Å²) in [5, 5.41) is 5.44. The predicted octanol–water partition coefficient (Wildman–Crippen LogP) is 14.6. The first-order chi connectivity index (χ1) is 28.1. The Morgan fingerprint density at radius 1 is 0.474 bits per heavy atom. The van der Waals surface area contributed by atoms with Crippen molar-refractivity contribution in [3.05, 3.63) is 205 Å². The SMILES string of the molecule is Cc1cc(-c2ccccc2)nc(-n2c3ccccc3c3cc(-c4ccc5c(c4)Sc4cccc(Cl)c4N5c4cccc5ccccc45)ccc32)n1.c1ccccc1. The lowest BCUT2D eigenvalue weighted by Gasteiger charge is -2.34. The molecule has 0 fully saturated rings. The van der Waals surface area contributed by atoms with E-state index in [-0.39, 0.29) is 0 Å². The van der Waals surface area contributed by atoms with Gasteiger partial charge in [0.05, 0.1) is 38.8 Å². The molecule has 6 heteroatoms. The lowest BCUT2D eigenvalue weighted by atomic mass is 10.0. The zero-order valence-electron chi connectivity index (χ0n) is 31.1. The highest BCUT2D eigenvalue weighted by Crippen LogP contribution is 2.55. The average molecular weight is 771 g/mol. The van der Waals surface area contributed by atoms with Crippen molar-refractivity contribution in [1.82, 2.24) is 14.5 Å². The molecule has 0 bridgehead atoms. The Balaban J connectivity index is 0.000000607. The fraction of sp³-hybridized carbons (Fsp3) is 0.0196. The second-order valence-corrected chi connectivity index (χ2v) is 15.5. The first kappa shape index (κ1) is 34.8. The maximum atomic E-state index is 6.96. The van der Waals surface area contributed by atoms with E-state index in [9.17, 15) is 0 Å². The van der Waals surface area contributed by atoms with E-state index in [1.807, 2.05) is 79.7 Å². The van der Waals surface area contributed by atoms with E-state index in [4.69, 9.17) is 21.6 Å². The molecule has 0 spiro atoms. The van der Waals surface area contributed by atoms with E-state index >= 15 is 0 Å². The number of halogens is 1. The van der Waals surface area contributed by atoms with Gasteiger partial charge < -0.3 is 4.90 Å². The van der Waals surface area contributed by atoms with Crippen LogP contribution in [0.15, 0.2) is 204 Å². The van der Waals surface area contributed by atoms with Gasteiger partial charge in [-0.2, -0.15) is 0 Å². The van der Waals surface area contributed by atoms with Gasteiger partial charge in [-0.3, -0.25) is 4.57 Å². The van der Waals surface area contributed by atoms with Crippen LogP contribution in [0.2, 0.25) is 5.02 Å². The van der Waals surface area contributed by atoms with E-state index in [1.165, 1.54) is 21.1 Å². The second-order valence-electron chi connectivity index (χ2n) is 14.0. The van der Waals surface area contributed by atoms with Crippen LogP contribution in [0, 0.1) is 6.92 Å². The van der Waals surface area contributed by atoms with Gasteiger partial charge in [-0.15, -0.1) is 0 Å². The Hall–Kier alpha value is -6.66. The summed E-state index contributed by atoms with van der Waals surface area (Å²) in [6, 6.07) is 67.6. The molecule has 10 aromatic rings. The van der Waals surface area contributed by atoms with Gasteiger partial charge in [-0.1, -0.05) is 163 Å². The van der Waals surface area contributed by atoms with Crippen LogP contribution in [0.4, 0.5) is 17.1 Å². The molecule has 11 rings (SSSR count). The van der Waals surface area contributed by atoms with Gasteiger partial charge in [0.15, 0.2) is 0 Å². The smallest absolute Gasteiger partial charge is 0.235 e. The number of rotatable bonds is 4. The Morgan fingerprint density at radius 3 is 1.95 bits per heavy atom. The zero-order valence-corrected chi connectivity index (χ0v) is 32.6. The lowest BCUT2D eigenvalue weighted by Crippen LogP contribution is -2.15. The van der Waals surface area contributed by atoms with Gasteiger partial charge >= 0.3 is 0 Å². The van der Waals surface area contributed by atoms with Gasteiger partial charge in [-0.25, -0.2) is 9.97 Å². The summed E-state index contributed by atoms with van der Waals surface area (Å²) in [5.41, 5.74) is 10.6. The summed E-state index contributed by atoms with van der Waals surface area (Å²) in [5.74, 6) is 0.670. The molecule has 57 heavy (non-hydrogen) atoms. The van der Waals surface area contributed by atoms with Crippen molar-refractivity contribution in [3.63, 3.8) is 0 Å². The Morgan fingerprint density at radius 2 is 1.12 bits per heavy atom. The molecule has 4 nitrogen and oxygen atoms in total. The van der Waals surface area contributed by atoms with Crippen LogP contribution in [0.1, 0.15) is 5.69 Å².